The quantitative estimate of drug-likeness (QED) is 0.613. The highest BCUT2D eigenvalue weighted by Gasteiger charge is 2.02. The van der Waals surface area contributed by atoms with Crippen LogP contribution in [-0.4, -0.2) is 25.5 Å². The molecule has 0 aromatic carbocycles. The summed E-state index contributed by atoms with van der Waals surface area (Å²) in [5, 5.41) is 2.25. The molecule has 1 atom stereocenters. The highest BCUT2D eigenvalue weighted by molar-refractivity contribution is 5.72. The number of carbonyl (C=O) groups excluding carboxylic acids is 2. The summed E-state index contributed by atoms with van der Waals surface area (Å²) in [5.74, 6) is 0. The molecule has 0 aromatic rings. The van der Waals surface area contributed by atoms with E-state index in [9.17, 15) is 9.59 Å². The molecule has 0 spiro atoms. The molecule has 0 aromatic heterocycles. The minimum atomic E-state index is -0.588. The third-order valence-corrected chi connectivity index (χ3v) is 0.735. The Kier molecular flexibility index (Phi) is 10.2. The van der Waals surface area contributed by atoms with Gasteiger partial charge < -0.3 is 14.8 Å². The molecule has 4 heteroatoms. The second kappa shape index (κ2) is 8.94. The lowest BCUT2D eigenvalue weighted by Gasteiger charge is -2.03. The number of aldehydes is 1. The van der Waals surface area contributed by atoms with Crippen molar-refractivity contribution in [3.8, 4) is 0 Å². The maximum Gasteiger partial charge on any atom is 0.407 e. The first kappa shape index (κ1) is 12.6. The van der Waals surface area contributed by atoms with Gasteiger partial charge in [-0.25, -0.2) is 4.79 Å². The van der Waals surface area contributed by atoms with Crippen molar-refractivity contribution in [3.63, 3.8) is 0 Å². The number of ether oxygens (including phenoxy) is 1. The Bertz CT molecular complexity index is 114. The number of carbonyl (C=O) groups is 2. The van der Waals surface area contributed by atoms with Gasteiger partial charge in [0.2, 0.25) is 0 Å². The predicted molar refractivity (Wildman–Crippen MR) is 42.4 cm³/mol. The third kappa shape index (κ3) is 8.94. The molecule has 0 aliphatic rings. The molecule has 0 aliphatic heterocycles. The Balaban J connectivity index is 0. The van der Waals surface area contributed by atoms with Crippen LogP contribution in [0.3, 0.4) is 0 Å². The highest BCUT2D eigenvalue weighted by Crippen LogP contribution is 1.75. The van der Waals surface area contributed by atoms with Gasteiger partial charge in [-0.1, -0.05) is 13.8 Å². The first-order valence-corrected chi connectivity index (χ1v) is 3.50. The van der Waals surface area contributed by atoms with Crippen molar-refractivity contribution >= 4 is 12.4 Å². The molecule has 0 saturated heterocycles. The van der Waals surface area contributed by atoms with Crippen LogP contribution in [0.1, 0.15) is 20.8 Å². The van der Waals surface area contributed by atoms with Crippen LogP contribution in [0.4, 0.5) is 4.79 Å². The summed E-state index contributed by atoms with van der Waals surface area (Å²) in [6, 6.07) is -0.475. The normalized spacial score (nSPS) is 10.2. The fourth-order valence-corrected chi connectivity index (χ4v) is 0.279. The Morgan fingerprint density at radius 2 is 2.00 bits per heavy atom. The lowest BCUT2D eigenvalue weighted by molar-refractivity contribution is -0.109. The van der Waals surface area contributed by atoms with Crippen LogP contribution in [0.2, 0.25) is 0 Å². The molecule has 0 unspecified atom stereocenters. The largest absolute Gasteiger partial charge is 0.453 e. The molecule has 4 nitrogen and oxygen atoms in total. The summed E-state index contributed by atoms with van der Waals surface area (Å²) in [6.07, 6.45) is 0.0336. The third-order valence-electron chi connectivity index (χ3n) is 0.735. The molecular formula is C7H15NO3. The van der Waals surface area contributed by atoms with Crippen molar-refractivity contribution in [2.45, 2.75) is 26.8 Å². The summed E-state index contributed by atoms with van der Waals surface area (Å²) in [6.45, 7) is 5.56. The summed E-state index contributed by atoms with van der Waals surface area (Å²) < 4.78 is 4.21. The average molecular weight is 161 g/mol. The van der Waals surface area contributed by atoms with E-state index in [1.807, 2.05) is 13.8 Å². The van der Waals surface area contributed by atoms with Gasteiger partial charge in [0, 0.05) is 0 Å². The standard InChI is InChI=1S/C5H9NO3.C2H6/c1-4(3-7)6-5(8)9-2;1-2/h3-4H,1-2H3,(H,6,8);1-2H3/t4-;/m0./s1. The Labute approximate surface area is 66.9 Å². The second-order valence-corrected chi connectivity index (χ2v) is 1.56. The Morgan fingerprint density at radius 3 is 2.27 bits per heavy atom. The minimum absolute atomic E-state index is 0.475. The van der Waals surface area contributed by atoms with Crippen molar-refractivity contribution in [2.75, 3.05) is 7.11 Å². The maximum absolute atomic E-state index is 10.3. The van der Waals surface area contributed by atoms with Crippen molar-refractivity contribution < 1.29 is 14.3 Å². The van der Waals surface area contributed by atoms with Crippen molar-refractivity contribution in [1.82, 2.24) is 5.32 Å². The monoisotopic (exact) mass is 161 g/mol. The van der Waals surface area contributed by atoms with Crippen LogP contribution in [0, 0.1) is 0 Å². The van der Waals surface area contributed by atoms with E-state index < -0.39 is 12.1 Å². The van der Waals surface area contributed by atoms with E-state index >= 15 is 0 Å². The lowest BCUT2D eigenvalue weighted by Crippen LogP contribution is -2.33. The SMILES string of the molecule is CC.COC(=O)N[C@@H](C)C=O. The molecule has 0 saturated carbocycles. The van der Waals surface area contributed by atoms with Crippen LogP contribution in [-0.2, 0) is 9.53 Å². The lowest BCUT2D eigenvalue weighted by atomic mass is 10.4. The van der Waals surface area contributed by atoms with Gasteiger partial charge in [0.25, 0.3) is 0 Å². The fraction of sp³-hybridized carbons (Fsp3) is 0.714. The van der Waals surface area contributed by atoms with E-state index in [1.54, 1.807) is 6.92 Å². The highest BCUT2D eigenvalue weighted by atomic mass is 16.5. The van der Waals surface area contributed by atoms with Gasteiger partial charge in [0.15, 0.2) is 0 Å². The van der Waals surface area contributed by atoms with E-state index in [0.29, 0.717) is 6.29 Å². The van der Waals surface area contributed by atoms with Gasteiger partial charge >= 0.3 is 6.09 Å². The number of methoxy groups -OCH3 is 1. The number of rotatable bonds is 2. The first-order valence-electron chi connectivity index (χ1n) is 3.50. The van der Waals surface area contributed by atoms with Crippen LogP contribution < -0.4 is 5.32 Å². The number of hydrogen-bond acceptors (Lipinski definition) is 3. The zero-order valence-corrected chi connectivity index (χ0v) is 7.38. The van der Waals surface area contributed by atoms with E-state index in [1.165, 1.54) is 7.11 Å². The molecule has 0 fully saturated rings. The molecular weight excluding hydrogens is 146 g/mol. The van der Waals surface area contributed by atoms with Crippen molar-refractivity contribution in [1.29, 1.82) is 0 Å². The number of hydrogen-bond donors (Lipinski definition) is 1. The maximum atomic E-state index is 10.3. The van der Waals surface area contributed by atoms with Crippen molar-refractivity contribution in [3.05, 3.63) is 0 Å². The van der Waals surface area contributed by atoms with Crippen LogP contribution in [0.5, 0.6) is 0 Å². The number of nitrogens with one attached hydrogen (secondary N) is 1. The second-order valence-electron chi connectivity index (χ2n) is 1.56. The minimum Gasteiger partial charge on any atom is -0.453 e. The smallest absolute Gasteiger partial charge is 0.407 e. The van der Waals surface area contributed by atoms with Gasteiger partial charge in [0.05, 0.1) is 13.2 Å². The zero-order valence-electron chi connectivity index (χ0n) is 7.38. The van der Waals surface area contributed by atoms with Gasteiger partial charge in [-0.05, 0) is 6.92 Å². The summed E-state index contributed by atoms with van der Waals surface area (Å²) in [5.41, 5.74) is 0. The van der Waals surface area contributed by atoms with Crippen LogP contribution in [0.15, 0.2) is 0 Å². The van der Waals surface area contributed by atoms with E-state index in [2.05, 4.69) is 10.1 Å². The Morgan fingerprint density at radius 1 is 1.55 bits per heavy atom. The molecule has 1 N–H and O–H groups in total. The molecule has 0 rings (SSSR count). The van der Waals surface area contributed by atoms with Gasteiger partial charge in [0.1, 0.15) is 6.29 Å². The average Bonchev–Trinajstić information content (AvgIpc) is 2.07. The molecule has 1 amide bonds. The number of alkyl carbamates (subject to hydrolysis) is 1. The molecule has 0 heterocycles. The zero-order chi connectivity index (χ0) is 9.28. The van der Waals surface area contributed by atoms with Gasteiger partial charge in [-0.3, -0.25) is 0 Å². The molecule has 66 valence electrons. The summed E-state index contributed by atoms with van der Waals surface area (Å²) in [4.78, 5) is 20.2. The topological polar surface area (TPSA) is 55.4 Å². The molecule has 0 aliphatic carbocycles. The molecule has 11 heavy (non-hydrogen) atoms. The van der Waals surface area contributed by atoms with E-state index in [0.717, 1.165) is 0 Å². The predicted octanol–water partition coefficient (Wildman–Crippen LogP) is 0.956. The molecule has 0 bridgehead atoms. The molecule has 0 radical (unpaired) electrons. The van der Waals surface area contributed by atoms with E-state index in [-0.39, 0.29) is 0 Å². The van der Waals surface area contributed by atoms with Crippen molar-refractivity contribution in [2.24, 2.45) is 0 Å². The van der Waals surface area contributed by atoms with Crippen LogP contribution >= 0.6 is 0 Å². The fourth-order valence-electron chi connectivity index (χ4n) is 0.279. The summed E-state index contributed by atoms with van der Waals surface area (Å²) >= 11 is 0. The van der Waals surface area contributed by atoms with Gasteiger partial charge in [-0.2, -0.15) is 0 Å². The van der Waals surface area contributed by atoms with Crippen LogP contribution in [0.25, 0.3) is 0 Å². The van der Waals surface area contributed by atoms with E-state index in [4.69, 9.17) is 0 Å². The summed E-state index contributed by atoms with van der Waals surface area (Å²) in [7, 11) is 1.24. The Hall–Kier alpha value is -1.06. The number of amides is 1. The first-order chi connectivity index (χ1) is 5.20. The van der Waals surface area contributed by atoms with Gasteiger partial charge in [-0.15, -0.1) is 0 Å².